The monoisotopic (exact) mass is 210 g/mol. The van der Waals surface area contributed by atoms with Crippen LogP contribution in [-0.2, 0) is 14.4 Å². The van der Waals surface area contributed by atoms with Gasteiger partial charge in [0.25, 0.3) is 0 Å². The maximum Gasteiger partial charge on any atom is 0.132 e. The van der Waals surface area contributed by atoms with E-state index in [2.05, 4.69) is 0 Å². The van der Waals surface area contributed by atoms with Gasteiger partial charge in [-0.1, -0.05) is 0 Å². The van der Waals surface area contributed by atoms with Gasteiger partial charge in [0.1, 0.15) is 17.3 Å². The molecule has 0 heterocycles. The zero-order valence-electron chi connectivity index (χ0n) is 9.09. The first kappa shape index (κ1) is 12.1. The van der Waals surface area contributed by atoms with Gasteiger partial charge in [0, 0.05) is 38.5 Å². The van der Waals surface area contributed by atoms with Crippen LogP contribution in [0.4, 0.5) is 0 Å². The number of carbonyl (C=O) groups excluding carboxylic acids is 3. The van der Waals surface area contributed by atoms with Crippen molar-refractivity contribution < 1.29 is 14.4 Å². The van der Waals surface area contributed by atoms with Gasteiger partial charge in [0.2, 0.25) is 0 Å². The first-order valence-electron chi connectivity index (χ1n) is 5.73. The van der Waals surface area contributed by atoms with Crippen molar-refractivity contribution in [3.63, 3.8) is 0 Å². The highest BCUT2D eigenvalue weighted by atomic mass is 16.1. The summed E-state index contributed by atoms with van der Waals surface area (Å²) in [6.07, 6.45) is 5.06. The molecule has 1 saturated carbocycles. The van der Waals surface area contributed by atoms with E-state index >= 15 is 0 Å². The number of hydrogen-bond acceptors (Lipinski definition) is 3. The third-order valence-corrected chi connectivity index (χ3v) is 2.73. The standard InChI is InChI=1S/C12H18O3/c13-10-4-1-5-11(14)7-3-9-12(15)8-2-6-10/h1-9H2. The van der Waals surface area contributed by atoms with Crippen LogP contribution in [0.2, 0.25) is 0 Å². The molecule has 84 valence electrons. The maximum atomic E-state index is 11.3. The van der Waals surface area contributed by atoms with Gasteiger partial charge in [-0.15, -0.1) is 0 Å². The zero-order valence-corrected chi connectivity index (χ0v) is 9.09. The van der Waals surface area contributed by atoms with E-state index in [0.717, 1.165) is 0 Å². The summed E-state index contributed by atoms with van der Waals surface area (Å²) in [7, 11) is 0. The molecule has 0 saturated heterocycles. The van der Waals surface area contributed by atoms with E-state index in [1.807, 2.05) is 0 Å². The highest BCUT2D eigenvalue weighted by Gasteiger charge is 2.10. The molecule has 0 aromatic rings. The molecule has 0 amide bonds. The molecule has 0 spiro atoms. The fourth-order valence-electron chi connectivity index (χ4n) is 1.82. The van der Waals surface area contributed by atoms with E-state index < -0.39 is 0 Å². The predicted octanol–water partition coefficient (Wildman–Crippen LogP) is 2.22. The van der Waals surface area contributed by atoms with Crippen molar-refractivity contribution in [3.05, 3.63) is 0 Å². The molecule has 0 bridgehead atoms. The van der Waals surface area contributed by atoms with E-state index in [9.17, 15) is 14.4 Å². The smallest absolute Gasteiger partial charge is 0.132 e. The fraction of sp³-hybridized carbons (Fsp3) is 0.750. The molecule has 0 aromatic heterocycles. The lowest BCUT2D eigenvalue weighted by atomic mass is 9.99. The van der Waals surface area contributed by atoms with Crippen LogP contribution in [0.3, 0.4) is 0 Å². The Morgan fingerprint density at radius 2 is 0.667 bits per heavy atom. The molecule has 0 unspecified atom stereocenters. The summed E-state index contributed by atoms with van der Waals surface area (Å²) in [5, 5.41) is 0. The normalized spacial score (nSPS) is 22.0. The van der Waals surface area contributed by atoms with Gasteiger partial charge in [-0.3, -0.25) is 14.4 Å². The molecule has 3 nitrogen and oxygen atoms in total. The number of carbonyl (C=O) groups is 3. The Hall–Kier alpha value is -0.990. The Balaban J connectivity index is 2.40. The van der Waals surface area contributed by atoms with Crippen LogP contribution in [0, 0.1) is 0 Å². The minimum absolute atomic E-state index is 0.191. The molecule has 1 aliphatic carbocycles. The molecule has 0 N–H and O–H groups in total. The lowest BCUT2D eigenvalue weighted by Crippen LogP contribution is -2.07. The molecule has 1 rings (SSSR count). The van der Waals surface area contributed by atoms with Gasteiger partial charge in [-0.05, 0) is 19.3 Å². The van der Waals surface area contributed by atoms with E-state index in [4.69, 9.17) is 0 Å². The highest BCUT2D eigenvalue weighted by molar-refractivity contribution is 5.83. The quantitative estimate of drug-likeness (QED) is 0.616. The van der Waals surface area contributed by atoms with Crippen LogP contribution in [-0.4, -0.2) is 17.3 Å². The summed E-state index contributed by atoms with van der Waals surface area (Å²) in [6, 6.07) is 0. The van der Waals surface area contributed by atoms with Crippen molar-refractivity contribution in [1.29, 1.82) is 0 Å². The van der Waals surface area contributed by atoms with Crippen LogP contribution in [0.15, 0.2) is 0 Å². The van der Waals surface area contributed by atoms with Gasteiger partial charge in [-0.25, -0.2) is 0 Å². The second-order valence-electron chi connectivity index (χ2n) is 4.18. The average Bonchev–Trinajstić information content (AvgIpc) is 2.16. The van der Waals surface area contributed by atoms with Gasteiger partial charge in [0.15, 0.2) is 0 Å². The van der Waals surface area contributed by atoms with E-state index in [0.29, 0.717) is 57.8 Å². The Kier molecular flexibility index (Phi) is 5.22. The molecule has 3 heteroatoms. The molecule has 0 atom stereocenters. The molecule has 15 heavy (non-hydrogen) atoms. The summed E-state index contributed by atoms with van der Waals surface area (Å²) in [5.41, 5.74) is 0. The number of rotatable bonds is 0. The second kappa shape index (κ2) is 6.49. The first-order valence-corrected chi connectivity index (χ1v) is 5.73. The van der Waals surface area contributed by atoms with Gasteiger partial charge in [-0.2, -0.15) is 0 Å². The number of Topliss-reactive ketones (excluding diaryl/α,β-unsaturated/α-hetero) is 3. The minimum atomic E-state index is 0.191. The Morgan fingerprint density at radius 1 is 0.467 bits per heavy atom. The first-order chi connectivity index (χ1) is 7.18. The number of ketones is 3. The summed E-state index contributed by atoms with van der Waals surface area (Å²) < 4.78 is 0. The van der Waals surface area contributed by atoms with Crippen molar-refractivity contribution >= 4 is 17.3 Å². The lowest BCUT2D eigenvalue weighted by Gasteiger charge is -2.05. The van der Waals surface area contributed by atoms with Gasteiger partial charge >= 0.3 is 0 Å². The van der Waals surface area contributed by atoms with Crippen LogP contribution in [0.1, 0.15) is 57.8 Å². The van der Waals surface area contributed by atoms with Crippen LogP contribution < -0.4 is 0 Å². The van der Waals surface area contributed by atoms with E-state index in [1.54, 1.807) is 0 Å². The third-order valence-electron chi connectivity index (χ3n) is 2.73. The SMILES string of the molecule is O=C1CCCC(=O)CCCC(=O)CCC1. The van der Waals surface area contributed by atoms with Gasteiger partial charge < -0.3 is 0 Å². The van der Waals surface area contributed by atoms with Crippen molar-refractivity contribution in [3.8, 4) is 0 Å². The zero-order chi connectivity index (χ0) is 11.1. The average molecular weight is 210 g/mol. The van der Waals surface area contributed by atoms with E-state index in [-0.39, 0.29) is 17.3 Å². The van der Waals surface area contributed by atoms with Crippen LogP contribution >= 0.6 is 0 Å². The summed E-state index contributed by atoms with van der Waals surface area (Å²) in [5.74, 6) is 0.573. The summed E-state index contributed by atoms with van der Waals surface area (Å²) in [6.45, 7) is 0. The summed E-state index contributed by atoms with van der Waals surface area (Å²) >= 11 is 0. The number of hydrogen-bond donors (Lipinski definition) is 0. The maximum absolute atomic E-state index is 11.3. The van der Waals surface area contributed by atoms with E-state index in [1.165, 1.54) is 0 Å². The van der Waals surface area contributed by atoms with Crippen molar-refractivity contribution in [1.82, 2.24) is 0 Å². The molecule has 0 aliphatic heterocycles. The second-order valence-corrected chi connectivity index (χ2v) is 4.18. The molecular weight excluding hydrogens is 192 g/mol. The Bertz CT molecular complexity index is 195. The Labute approximate surface area is 90.2 Å². The topological polar surface area (TPSA) is 51.2 Å². The summed E-state index contributed by atoms with van der Waals surface area (Å²) in [4.78, 5) is 33.9. The highest BCUT2D eigenvalue weighted by Crippen LogP contribution is 2.11. The van der Waals surface area contributed by atoms with Crippen molar-refractivity contribution in [2.75, 3.05) is 0 Å². The fourth-order valence-corrected chi connectivity index (χ4v) is 1.82. The third kappa shape index (κ3) is 5.45. The predicted molar refractivity (Wildman–Crippen MR) is 56.6 cm³/mol. The minimum Gasteiger partial charge on any atom is -0.300 e. The van der Waals surface area contributed by atoms with Crippen molar-refractivity contribution in [2.24, 2.45) is 0 Å². The molecule has 1 aliphatic rings. The van der Waals surface area contributed by atoms with Crippen LogP contribution in [0.5, 0.6) is 0 Å². The molecule has 0 aromatic carbocycles. The molecular formula is C12H18O3. The molecule has 1 fully saturated rings. The lowest BCUT2D eigenvalue weighted by molar-refractivity contribution is -0.121. The van der Waals surface area contributed by atoms with Crippen LogP contribution in [0.25, 0.3) is 0 Å². The largest absolute Gasteiger partial charge is 0.300 e. The van der Waals surface area contributed by atoms with Gasteiger partial charge in [0.05, 0.1) is 0 Å². The van der Waals surface area contributed by atoms with Crippen molar-refractivity contribution in [2.45, 2.75) is 57.8 Å². The molecule has 0 radical (unpaired) electrons. The Morgan fingerprint density at radius 3 is 0.867 bits per heavy atom.